The van der Waals surface area contributed by atoms with E-state index in [0.29, 0.717) is 19.5 Å². The van der Waals surface area contributed by atoms with E-state index in [1.807, 2.05) is 30.3 Å². The monoisotopic (exact) mass is 350 g/mol. The van der Waals surface area contributed by atoms with Crippen molar-refractivity contribution in [3.8, 4) is 0 Å². The van der Waals surface area contributed by atoms with Crippen LogP contribution in [-0.2, 0) is 21.4 Å². The molecule has 1 aliphatic heterocycles. The zero-order valence-corrected chi connectivity index (χ0v) is 14.2. The molecule has 1 aromatic rings. The SMILES string of the molecule is O=C(N[C@@H]1C=C[C@H](S(=O)(=O)N2CCCC2)C1)OCc1ccccc1. The Morgan fingerprint density at radius 3 is 2.58 bits per heavy atom. The summed E-state index contributed by atoms with van der Waals surface area (Å²) < 4.78 is 31.7. The Morgan fingerprint density at radius 1 is 1.17 bits per heavy atom. The lowest BCUT2D eigenvalue weighted by Gasteiger charge is -2.20. The van der Waals surface area contributed by atoms with Crippen molar-refractivity contribution in [3.63, 3.8) is 0 Å². The summed E-state index contributed by atoms with van der Waals surface area (Å²) in [5.74, 6) is 0. The van der Waals surface area contributed by atoms with Gasteiger partial charge in [0.05, 0.1) is 11.3 Å². The topological polar surface area (TPSA) is 75.7 Å². The second-order valence-corrected chi connectivity index (χ2v) is 8.27. The summed E-state index contributed by atoms with van der Waals surface area (Å²) in [6.07, 6.45) is 5.08. The van der Waals surface area contributed by atoms with Crippen LogP contribution in [0.25, 0.3) is 0 Å². The van der Waals surface area contributed by atoms with Gasteiger partial charge in [-0.25, -0.2) is 17.5 Å². The number of ether oxygens (including phenoxy) is 1. The van der Waals surface area contributed by atoms with E-state index in [1.54, 1.807) is 16.5 Å². The van der Waals surface area contributed by atoms with Crippen molar-refractivity contribution >= 4 is 16.1 Å². The average molecular weight is 350 g/mol. The predicted molar refractivity (Wildman–Crippen MR) is 90.8 cm³/mol. The molecule has 7 heteroatoms. The first-order chi connectivity index (χ1) is 11.6. The second-order valence-electron chi connectivity index (χ2n) is 6.12. The number of amides is 1. The molecule has 1 amide bonds. The van der Waals surface area contributed by atoms with E-state index in [9.17, 15) is 13.2 Å². The fourth-order valence-corrected chi connectivity index (χ4v) is 4.93. The molecular formula is C17H22N2O4S. The Balaban J connectivity index is 1.47. The van der Waals surface area contributed by atoms with Gasteiger partial charge in [0.1, 0.15) is 6.61 Å². The molecule has 130 valence electrons. The van der Waals surface area contributed by atoms with E-state index < -0.39 is 21.4 Å². The molecular weight excluding hydrogens is 328 g/mol. The van der Waals surface area contributed by atoms with E-state index in [2.05, 4.69) is 5.32 Å². The standard InChI is InChI=1S/C17H22N2O4S/c20-17(23-13-14-6-2-1-3-7-14)18-15-8-9-16(12-15)24(21,22)19-10-4-5-11-19/h1-3,6-9,15-16H,4-5,10-13H2,(H,18,20)/t15-,16+/m1/s1. The van der Waals surface area contributed by atoms with Crippen LogP contribution in [0.3, 0.4) is 0 Å². The second kappa shape index (κ2) is 7.36. The van der Waals surface area contributed by atoms with Crippen LogP contribution in [-0.4, -0.2) is 43.2 Å². The minimum absolute atomic E-state index is 0.193. The average Bonchev–Trinajstić information content (AvgIpc) is 3.26. The lowest BCUT2D eigenvalue weighted by Crippen LogP contribution is -2.38. The number of hydrogen-bond acceptors (Lipinski definition) is 4. The van der Waals surface area contributed by atoms with Crippen molar-refractivity contribution in [2.24, 2.45) is 0 Å². The molecule has 0 unspecified atom stereocenters. The molecule has 1 saturated heterocycles. The van der Waals surface area contributed by atoms with E-state index in [4.69, 9.17) is 4.74 Å². The lowest BCUT2D eigenvalue weighted by atomic mass is 10.2. The van der Waals surface area contributed by atoms with Crippen molar-refractivity contribution in [3.05, 3.63) is 48.0 Å². The Kier molecular flexibility index (Phi) is 5.20. The predicted octanol–water partition coefficient (Wildman–Crippen LogP) is 2.04. The third-order valence-corrected chi connectivity index (χ3v) is 6.57. The van der Waals surface area contributed by atoms with Crippen LogP contribution in [0.4, 0.5) is 4.79 Å². The highest BCUT2D eigenvalue weighted by Crippen LogP contribution is 2.24. The maximum atomic E-state index is 12.5. The van der Waals surface area contributed by atoms with E-state index in [1.165, 1.54) is 0 Å². The number of alkyl carbamates (subject to hydrolysis) is 1. The number of benzene rings is 1. The number of nitrogens with one attached hydrogen (secondary N) is 1. The molecule has 6 nitrogen and oxygen atoms in total. The number of rotatable bonds is 5. The minimum atomic E-state index is -3.31. The van der Waals surface area contributed by atoms with Crippen molar-refractivity contribution in [1.29, 1.82) is 0 Å². The molecule has 1 N–H and O–H groups in total. The van der Waals surface area contributed by atoms with Crippen LogP contribution < -0.4 is 5.32 Å². The zero-order chi connectivity index (χ0) is 17.0. The fourth-order valence-electron chi connectivity index (χ4n) is 3.04. The molecule has 2 aliphatic rings. The quantitative estimate of drug-likeness (QED) is 0.825. The lowest BCUT2D eigenvalue weighted by molar-refractivity contribution is 0.137. The first kappa shape index (κ1) is 17.0. The van der Waals surface area contributed by atoms with Gasteiger partial charge in [-0.15, -0.1) is 0 Å². The Bertz CT molecular complexity index is 697. The summed E-state index contributed by atoms with van der Waals surface area (Å²) in [5.41, 5.74) is 0.907. The van der Waals surface area contributed by atoms with Gasteiger partial charge < -0.3 is 10.1 Å². The summed E-state index contributed by atoms with van der Waals surface area (Å²) in [6.45, 7) is 1.40. The van der Waals surface area contributed by atoms with Crippen LogP contribution in [0.2, 0.25) is 0 Å². The van der Waals surface area contributed by atoms with Crippen molar-refractivity contribution in [2.45, 2.75) is 37.2 Å². The van der Waals surface area contributed by atoms with Gasteiger partial charge in [0.2, 0.25) is 10.0 Å². The molecule has 0 bridgehead atoms. The normalized spacial score (nSPS) is 24.2. The third kappa shape index (κ3) is 3.96. The number of sulfonamides is 1. The van der Waals surface area contributed by atoms with Crippen LogP contribution in [0, 0.1) is 0 Å². The first-order valence-electron chi connectivity index (χ1n) is 8.20. The summed E-state index contributed by atoms with van der Waals surface area (Å²) in [7, 11) is -3.31. The van der Waals surface area contributed by atoms with E-state index in [0.717, 1.165) is 18.4 Å². The molecule has 1 aromatic carbocycles. The molecule has 24 heavy (non-hydrogen) atoms. The summed E-state index contributed by atoms with van der Waals surface area (Å²) >= 11 is 0. The molecule has 1 heterocycles. The molecule has 0 aromatic heterocycles. The number of nitrogens with zero attached hydrogens (tertiary/aromatic N) is 1. The highest BCUT2D eigenvalue weighted by molar-refractivity contribution is 7.89. The van der Waals surface area contributed by atoms with Gasteiger partial charge >= 0.3 is 6.09 Å². The number of carbonyl (C=O) groups is 1. The van der Waals surface area contributed by atoms with Crippen molar-refractivity contribution in [1.82, 2.24) is 9.62 Å². The van der Waals surface area contributed by atoms with E-state index >= 15 is 0 Å². The molecule has 0 saturated carbocycles. The van der Waals surface area contributed by atoms with Gasteiger partial charge in [-0.1, -0.05) is 42.5 Å². The maximum Gasteiger partial charge on any atom is 0.407 e. The zero-order valence-electron chi connectivity index (χ0n) is 13.4. The molecule has 0 spiro atoms. The molecule has 1 aliphatic carbocycles. The van der Waals surface area contributed by atoms with E-state index in [-0.39, 0.29) is 12.6 Å². The van der Waals surface area contributed by atoms with Crippen LogP contribution >= 0.6 is 0 Å². The van der Waals surface area contributed by atoms with Crippen LogP contribution in [0.1, 0.15) is 24.8 Å². The van der Waals surface area contributed by atoms with Crippen LogP contribution in [0.5, 0.6) is 0 Å². The van der Waals surface area contributed by atoms with Gasteiger partial charge in [0.25, 0.3) is 0 Å². The van der Waals surface area contributed by atoms with Gasteiger partial charge in [0.15, 0.2) is 0 Å². The number of carbonyl (C=O) groups excluding carboxylic acids is 1. The first-order valence-corrected chi connectivity index (χ1v) is 9.70. The Morgan fingerprint density at radius 2 is 1.88 bits per heavy atom. The molecule has 2 atom stereocenters. The molecule has 3 rings (SSSR count). The number of hydrogen-bond donors (Lipinski definition) is 1. The smallest absolute Gasteiger partial charge is 0.407 e. The largest absolute Gasteiger partial charge is 0.445 e. The van der Waals surface area contributed by atoms with Gasteiger partial charge in [-0.3, -0.25) is 0 Å². The van der Waals surface area contributed by atoms with Crippen molar-refractivity contribution < 1.29 is 17.9 Å². The summed E-state index contributed by atoms with van der Waals surface area (Å²) in [5, 5.41) is 2.15. The Labute approximate surface area is 142 Å². The van der Waals surface area contributed by atoms with Gasteiger partial charge in [-0.2, -0.15) is 0 Å². The van der Waals surface area contributed by atoms with Crippen LogP contribution in [0.15, 0.2) is 42.5 Å². The summed E-state index contributed by atoms with van der Waals surface area (Å²) in [6, 6.07) is 9.10. The highest BCUT2D eigenvalue weighted by Gasteiger charge is 2.36. The minimum Gasteiger partial charge on any atom is -0.445 e. The third-order valence-electron chi connectivity index (χ3n) is 4.37. The molecule has 0 radical (unpaired) electrons. The Hall–Kier alpha value is -1.86. The van der Waals surface area contributed by atoms with Gasteiger partial charge in [-0.05, 0) is 24.8 Å². The maximum absolute atomic E-state index is 12.5. The fraction of sp³-hybridized carbons (Fsp3) is 0.471. The molecule has 1 fully saturated rings. The van der Waals surface area contributed by atoms with Crippen molar-refractivity contribution in [2.75, 3.05) is 13.1 Å². The summed E-state index contributed by atoms with van der Waals surface area (Å²) in [4.78, 5) is 11.9. The highest BCUT2D eigenvalue weighted by atomic mass is 32.2. The van der Waals surface area contributed by atoms with Gasteiger partial charge in [0, 0.05) is 13.1 Å².